The summed E-state index contributed by atoms with van der Waals surface area (Å²) < 4.78 is 53.7. The molecule has 31 heavy (non-hydrogen) atoms. The number of hydrogen-bond donors (Lipinski definition) is 0. The van der Waals surface area contributed by atoms with E-state index in [1.807, 2.05) is 19.1 Å². The molecule has 1 amide bonds. The predicted octanol–water partition coefficient (Wildman–Crippen LogP) is 3.24. The monoisotopic (exact) mass is 458 g/mol. The van der Waals surface area contributed by atoms with Crippen molar-refractivity contribution in [3.05, 3.63) is 45.9 Å². The minimum Gasteiger partial charge on any atom is -0.482 e. The van der Waals surface area contributed by atoms with E-state index < -0.39 is 23.3 Å². The number of benzene rings is 1. The number of halogens is 3. The Morgan fingerprint density at radius 3 is 2.68 bits per heavy atom. The van der Waals surface area contributed by atoms with Crippen molar-refractivity contribution in [3.63, 3.8) is 0 Å². The Kier molecular flexibility index (Phi) is 7.16. The maximum Gasteiger partial charge on any atom is 0.443 e. The first-order chi connectivity index (χ1) is 14.7. The zero-order valence-corrected chi connectivity index (χ0v) is 17.7. The van der Waals surface area contributed by atoms with Crippen LogP contribution in [0, 0.1) is 0 Å². The summed E-state index contributed by atoms with van der Waals surface area (Å²) in [6.07, 6.45) is -4.69. The summed E-state index contributed by atoms with van der Waals surface area (Å²) in [5.41, 5.74) is 1.11. The second-order valence-corrected chi connectivity index (χ2v) is 7.84. The summed E-state index contributed by atoms with van der Waals surface area (Å²) in [6.45, 7) is 1.59. The van der Waals surface area contributed by atoms with Crippen molar-refractivity contribution in [1.29, 1.82) is 0 Å². The largest absolute Gasteiger partial charge is 0.482 e. The maximum atomic E-state index is 12.8. The van der Waals surface area contributed by atoms with Gasteiger partial charge < -0.3 is 19.1 Å². The molecular formula is C20H21F3N2O5S. The van der Waals surface area contributed by atoms with E-state index in [1.54, 1.807) is 17.0 Å². The van der Waals surface area contributed by atoms with Crippen LogP contribution in [0.25, 0.3) is 0 Å². The Bertz CT molecular complexity index is 916. The summed E-state index contributed by atoms with van der Waals surface area (Å²) in [6, 6.07) is 6.86. The van der Waals surface area contributed by atoms with Crippen molar-refractivity contribution in [2.24, 2.45) is 0 Å². The van der Waals surface area contributed by atoms with Crippen molar-refractivity contribution in [3.8, 4) is 5.75 Å². The first kappa shape index (κ1) is 23.0. The van der Waals surface area contributed by atoms with E-state index in [9.17, 15) is 22.8 Å². The quantitative estimate of drug-likeness (QED) is 0.593. The van der Waals surface area contributed by atoms with Crippen LogP contribution < -0.4 is 4.74 Å². The molecule has 0 radical (unpaired) electrons. The molecule has 0 bridgehead atoms. The third kappa shape index (κ3) is 5.95. The lowest BCUT2D eigenvalue weighted by Crippen LogP contribution is -2.48. The molecule has 2 heterocycles. The first-order valence-corrected chi connectivity index (χ1v) is 10.3. The molecule has 2 atom stereocenters. The molecule has 3 rings (SSSR count). The van der Waals surface area contributed by atoms with Gasteiger partial charge in [-0.05, 0) is 31.0 Å². The molecule has 1 saturated heterocycles. The van der Waals surface area contributed by atoms with Gasteiger partial charge in [0.05, 0.1) is 19.3 Å². The summed E-state index contributed by atoms with van der Waals surface area (Å²) in [4.78, 5) is 28.7. The van der Waals surface area contributed by atoms with Gasteiger partial charge in [0.2, 0.25) is 5.91 Å². The van der Waals surface area contributed by atoms with Crippen LogP contribution >= 0.6 is 11.3 Å². The summed E-state index contributed by atoms with van der Waals surface area (Å²) in [7, 11) is 1.28. The topological polar surface area (TPSA) is 78.0 Å². The lowest BCUT2D eigenvalue weighted by molar-refractivity contribution is -0.153. The van der Waals surface area contributed by atoms with Crippen LogP contribution in [0.2, 0.25) is 0 Å². The van der Waals surface area contributed by atoms with Gasteiger partial charge in [0.15, 0.2) is 11.6 Å². The molecule has 1 fully saturated rings. The number of ether oxygens (including phenoxy) is 3. The molecule has 0 aliphatic carbocycles. The number of rotatable bonds is 7. The second kappa shape index (κ2) is 9.65. The molecule has 1 aliphatic heterocycles. The number of hydrogen-bond acceptors (Lipinski definition) is 7. The number of thiazole rings is 1. The minimum atomic E-state index is -4.51. The van der Waals surface area contributed by atoms with Gasteiger partial charge in [-0.15, -0.1) is 11.3 Å². The molecule has 2 unspecified atom stereocenters. The zero-order valence-electron chi connectivity index (χ0n) is 16.8. The number of methoxy groups -OCH3 is 1. The van der Waals surface area contributed by atoms with E-state index in [4.69, 9.17) is 9.47 Å². The highest BCUT2D eigenvalue weighted by Crippen LogP contribution is 2.34. The van der Waals surface area contributed by atoms with Gasteiger partial charge in [0.25, 0.3) is 0 Å². The van der Waals surface area contributed by atoms with E-state index >= 15 is 0 Å². The normalized spacial score (nSPS) is 18.0. The van der Waals surface area contributed by atoms with Gasteiger partial charge in [0.1, 0.15) is 18.5 Å². The molecule has 1 aromatic heterocycles. The predicted molar refractivity (Wildman–Crippen MR) is 105 cm³/mol. The van der Waals surface area contributed by atoms with Crippen LogP contribution in [0.3, 0.4) is 0 Å². The van der Waals surface area contributed by atoms with Gasteiger partial charge in [-0.1, -0.05) is 12.1 Å². The van der Waals surface area contributed by atoms with Crippen molar-refractivity contribution in [2.45, 2.75) is 31.7 Å². The molecule has 0 N–H and O–H groups in total. The van der Waals surface area contributed by atoms with Gasteiger partial charge in [-0.25, -0.2) is 9.78 Å². The number of amides is 1. The first-order valence-electron chi connectivity index (χ1n) is 9.39. The second-order valence-electron chi connectivity index (χ2n) is 6.98. The zero-order chi connectivity index (χ0) is 22.6. The molecule has 11 heteroatoms. The number of esters is 1. The van der Waals surface area contributed by atoms with Crippen LogP contribution in [0.5, 0.6) is 5.75 Å². The van der Waals surface area contributed by atoms with Crippen molar-refractivity contribution < 1.29 is 37.0 Å². The van der Waals surface area contributed by atoms with Crippen LogP contribution in [0.15, 0.2) is 29.6 Å². The average Bonchev–Trinajstić information content (AvgIpc) is 3.24. The van der Waals surface area contributed by atoms with Gasteiger partial charge >= 0.3 is 12.1 Å². The Labute approximate surface area is 180 Å². The number of nitrogens with zero attached hydrogens (tertiary/aromatic N) is 2. The van der Waals surface area contributed by atoms with Crippen LogP contribution in [-0.2, 0) is 31.7 Å². The van der Waals surface area contributed by atoms with Crippen molar-refractivity contribution >= 4 is 23.2 Å². The highest BCUT2D eigenvalue weighted by Gasteiger charge is 2.37. The lowest BCUT2D eigenvalue weighted by atomic mass is 10.0. The number of morpholine rings is 1. The van der Waals surface area contributed by atoms with E-state index in [1.165, 1.54) is 12.5 Å². The standard InChI is InChI=1S/C20H21F3N2O5S/c1-12(7-13-3-5-14(6-4-13)29-10-18(27)28-2)25-8-16(30-9-17(25)26)15-11-31-19(24-15)20(21,22)23/h3-6,11-12,16H,7-10H2,1-2H3. The highest BCUT2D eigenvalue weighted by atomic mass is 32.1. The van der Waals surface area contributed by atoms with E-state index in [0.717, 1.165) is 5.56 Å². The van der Waals surface area contributed by atoms with E-state index in [0.29, 0.717) is 23.5 Å². The van der Waals surface area contributed by atoms with Gasteiger partial charge in [-0.2, -0.15) is 13.2 Å². The molecule has 0 saturated carbocycles. The Hall–Kier alpha value is -2.66. The maximum absolute atomic E-state index is 12.8. The summed E-state index contributed by atoms with van der Waals surface area (Å²) in [5.74, 6) is -0.207. The summed E-state index contributed by atoms with van der Waals surface area (Å²) in [5, 5.41) is 0.385. The number of carbonyl (C=O) groups is 2. The Morgan fingerprint density at radius 2 is 2.06 bits per heavy atom. The van der Waals surface area contributed by atoms with E-state index in [2.05, 4.69) is 9.72 Å². The highest BCUT2D eigenvalue weighted by molar-refractivity contribution is 7.09. The van der Waals surface area contributed by atoms with Crippen molar-refractivity contribution in [1.82, 2.24) is 9.88 Å². The molecule has 168 valence electrons. The molecular weight excluding hydrogens is 437 g/mol. The third-order valence-electron chi connectivity index (χ3n) is 4.76. The molecule has 1 aromatic carbocycles. The lowest BCUT2D eigenvalue weighted by Gasteiger charge is -2.36. The average molecular weight is 458 g/mol. The SMILES string of the molecule is COC(=O)COc1ccc(CC(C)N2CC(c3csc(C(F)(F)F)n3)OCC2=O)cc1. The number of alkyl halides is 3. The number of aromatic nitrogens is 1. The molecule has 0 spiro atoms. The van der Waals surface area contributed by atoms with E-state index in [-0.39, 0.29) is 37.4 Å². The summed E-state index contributed by atoms with van der Waals surface area (Å²) >= 11 is 0.511. The fourth-order valence-electron chi connectivity index (χ4n) is 3.13. The molecule has 7 nitrogen and oxygen atoms in total. The van der Waals surface area contributed by atoms with Crippen molar-refractivity contribution in [2.75, 3.05) is 26.9 Å². The fourth-order valence-corrected chi connectivity index (χ4v) is 3.86. The third-order valence-corrected chi connectivity index (χ3v) is 5.66. The molecule has 2 aromatic rings. The van der Waals surface area contributed by atoms with Crippen LogP contribution in [0.1, 0.15) is 29.3 Å². The fraction of sp³-hybridized carbons (Fsp3) is 0.450. The number of carbonyl (C=O) groups excluding carboxylic acids is 2. The Balaban J connectivity index is 1.61. The van der Waals surface area contributed by atoms with Gasteiger partial charge in [0, 0.05) is 11.4 Å². The molecule has 1 aliphatic rings. The van der Waals surface area contributed by atoms with Gasteiger partial charge in [-0.3, -0.25) is 4.79 Å². The smallest absolute Gasteiger partial charge is 0.443 e. The Morgan fingerprint density at radius 1 is 1.35 bits per heavy atom. The minimum absolute atomic E-state index is 0.126. The van der Waals surface area contributed by atoms with Crippen LogP contribution in [0.4, 0.5) is 13.2 Å². The van der Waals surface area contributed by atoms with Crippen LogP contribution in [-0.4, -0.2) is 54.7 Å².